The van der Waals surface area contributed by atoms with E-state index in [-0.39, 0.29) is 0 Å². The Balaban J connectivity index is 2.10. The third kappa shape index (κ3) is 7.64. The molecule has 1 rings (SSSR count). The molecule has 1 aromatic carbocycles. The molecule has 2 heteroatoms. The lowest BCUT2D eigenvalue weighted by molar-refractivity contribution is 0.510. The third-order valence-corrected chi connectivity index (χ3v) is 4.39. The molecule has 0 bridgehead atoms. The summed E-state index contributed by atoms with van der Waals surface area (Å²) in [5.74, 6) is 2.44. The number of hydrogen-bond acceptors (Lipinski definition) is 2. The number of rotatable bonds is 9. The van der Waals surface area contributed by atoms with Crippen molar-refractivity contribution in [2.24, 2.45) is 0 Å². The standard InChI is InChI=1S/C17H29NS/c1-5-18-16(4)8-6-7-9-19-13-17-11-14(2)10-15(3)12-17/h10-12,16,18H,5-9,13H2,1-4H3. The largest absolute Gasteiger partial charge is 0.315 e. The van der Waals surface area contributed by atoms with Gasteiger partial charge in [-0.2, -0.15) is 11.8 Å². The van der Waals surface area contributed by atoms with Gasteiger partial charge in [0.15, 0.2) is 0 Å². The van der Waals surface area contributed by atoms with Crippen LogP contribution >= 0.6 is 11.8 Å². The molecule has 108 valence electrons. The molecule has 0 aliphatic rings. The summed E-state index contributed by atoms with van der Waals surface area (Å²) < 4.78 is 0. The Morgan fingerprint density at radius 2 is 1.79 bits per heavy atom. The van der Waals surface area contributed by atoms with Gasteiger partial charge < -0.3 is 5.32 Å². The first-order valence-electron chi connectivity index (χ1n) is 7.50. The molecule has 1 unspecified atom stereocenters. The zero-order valence-corrected chi connectivity index (χ0v) is 13.8. The van der Waals surface area contributed by atoms with E-state index in [4.69, 9.17) is 0 Å². The first kappa shape index (κ1) is 16.6. The first-order valence-corrected chi connectivity index (χ1v) is 8.65. The van der Waals surface area contributed by atoms with E-state index in [2.05, 4.69) is 63.0 Å². The van der Waals surface area contributed by atoms with E-state index in [1.807, 2.05) is 0 Å². The predicted molar refractivity (Wildman–Crippen MR) is 89.1 cm³/mol. The Labute approximate surface area is 123 Å². The van der Waals surface area contributed by atoms with Crippen LogP contribution in [0.5, 0.6) is 0 Å². The zero-order valence-electron chi connectivity index (χ0n) is 13.0. The molecule has 0 heterocycles. The second-order valence-corrected chi connectivity index (χ2v) is 6.61. The van der Waals surface area contributed by atoms with Gasteiger partial charge in [0.25, 0.3) is 0 Å². The van der Waals surface area contributed by atoms with Gasteiger partial charge in [0, 0.05) is 11.8 Å². The van der Waals surface area contributed by atoms with Gasteiger partial charge in [-0.05, 0) is 51.5 Å². The van der Waals surface area contributed by atoms with Crippen LogP contribution in [0.2, 0.25) is 0 Å². The molecule has 1 nitrogen and oxygen atoms in total. The smallest absolute Gasteiger partial charge is 0.0184 e. The van der Waals surface area contributed by atoms with E-state index >= 15 is 0 Å². The van der Waals surface area contributed by atoms with Gasteiger partial charge in [0.05, 0.1) is 0 Å². The summed E-state index contributed by atoms with van der Waals surface area (Å²) in [5.41, 5.74) is 4.24. The first-order chi connectivity index (χ1) is 9.11. The Morgan fingerprint density at radius 3 is 2.42 bits per heavy atom. The van der Waals surface area contributed by atoms with Crippen molar-refractivity contribution < 1.29 is 0 Å². The Hall–Kier alpha value is -0.470. The van der Waals surface area contributed by atoms with Crippen LogP contribution in [0.1, 0.15) is 49.8 Å². The fourth-order valence-electron chi connectivity index (χ4n) is 2.45. The molecule has 1 aromatic rings. The van der Waals surface area contributed by atoms with Gasteiger partial charge in [-0.15, -0.1) is 0 Å². The van der Waals surface area contributed by atoms with E-state index in [1.165, 1.54) is 41.7 Å². The van der Waals surface area contributed by atoms with Crippen LogP contribution < -0.4 is 5.32 Å². The molecular formula is C17H29NS. The van der Waals surface area contributed by atoms with Crippen molar-refractivity contribution in [1.29, 1.82) is 0 Å². The second-order valence-electron chi connectivity index (χ2n) is 5.50. The highest BCUT2D eigenvalue weighted by Crippen LogP contribution is 2.17. The maximum Gasteiger partial charge on any atom is 0.0184 e. The van der Waals surface area contributed by atoms with Gasteiger partial charge in [-0.1, -0.05) is 42.7 Å². The maximum absolute atomic E-state index is 3.47. The fourth-order valence-corrected chi connectivity index (χ4v) is 3.40. The van der Waals surface area contributed by atoms with Crippen molar-refractivity contribution in [3.05, 3.63) is 34.9 Å². The minimum atomic E-state index is 0.675. The van der Waals surface area contributed by atoms with E-state index in [1.54, 1.807) is 0 Å². The molecule has 1 N–H and O–H groups in total. The average Bonchev–Trinajstić information content (AvgIpc) is 2.32. The number of nitrogens with one attached hydrogen (secondary N) is 1. The van der Waals surface area contributed by atoms with Gasteiger partial charge in [-0.25, -0.2) is 0 Å². The molecule has 0 fully saturated rings. The molecule has 0 aromatic heterocycles. The van der Waals surface area contributed by atoms with Crippen LogP contribution in [0.3, 0.4) is 0 Å². The van der Waals surface area contributed by atoms with Crippen LogP contribution in [-0.2, 0) is 5.75 Å². The van der Waals surface area contributed by atoms with E-state index in [0.717, 1.165) is 12.3 Å². The lowest BCUT2D eigenvalue weighted by atomic mass is 10.1. The highest BCUT2D eigenvalue weighted by Gasteiger charge is 2.00. The van der Waals surface area contributed by atoms with Crippen molar-refractivity contribution in [2.75, 3.05) is 12.3 Å². The van der Waals surface area contributed by atoms with Crippen LogP contribution in [0, 0.1) is 13.8 Å². The number of benzene rings is 1. The number of hydrogen-bond donors (Lipinski definition) is 1. The van der Waals surface area contributed by atoms with Crippen molar-refractivity contribution >= 4 is 11.8 Å². The summed E-state index contributed by atoms with van der Waals surface area (Å²) in [6, 6.07) is 7.55. The minimum absolute atomic E-state index is 0.675. The van der Waals surface area contributed by atoms with Gasteiger partial charge in [0.2, 0.25) is 0 Å². The highest BCUT2D eigenvalue weighted by molar-refractivity contribution is 7.98. The van der Waals surface area contributed by atoms with E-state index in [9.17, 15) is 0 Å². The minimum Gasteiger partial charge on any atom is -0.315 e. The number of thioether (sulfide) groups is 1. The lowest BCUT2D eigenvalue weighted by Gasteiger charge is -2.11. The van der Waals surface area contributed by atoms with Gasteiger partial charge in [0.1, 0.15) is 0 Å². The van der Waals surface area contributed by atoms with Crippen LogP contribution in [0.4, 0.5) is 0 Å². The Morgan fingerprint density at radius 1 is 1.11 bits per heavy atom. The van der Waals surface area contributed by atoms with E-state index < -0.39 is 0 Å². The van der Waals surface area contributed by atoms with Gasteiger partial charge >= 0.3 is 0 Å². The number of aryl methyl sites for hydroxylation is 2. The highest BCUT2D eigenvalue weighted by atomic mass is 32.2. The zero-order chi connectivity index (χ0) is 14.1. The van der Waals surface area contributed by atoms with Crippen molar-refractivity contribution in [3.8, 4) is 0 Å². The summed E-state index contributed by atoms with van der Waals surface area (Å²) >= 11 is 2.07. The SMILES string of the molecule is CCNC(C)CCCCSCc1cc(C)cc(C)c1. The van der Waals surface area contributed by atoms with Crippen molar-refractivity contribution in [2.45, 2.75) is 58.8 Å². The van der Waals surface area contributed by atoms with Crippen LogP contribution in [0.25, 0.3) is 0 Å². The molecule has 19 heavy (non-hydrogen) atoms. The van der Waals surface area contributed by atoms with Crippen molar-refractivity contribution in [3.63, 3.8) is 0 Å². The third-order valence-electron chi connectivity index (χ3n) is 3.28. The normalized spacial score (nSPS) is 12.6. The molecule has 0 aliphatic heterocycles. The quantitative estimate of drug-likeness (QED) is 0.657. The monoisotopic (exact) mass is 279 g/mol. The summed E-state index contributed by atoms with van der Waals surface area (Å²) in [6.45, 7) is 9.91. The molecule has 0 spiro atoms. The predicted octanol–water partition coefficient (Wildman–Crippen LogP) is 4.70. The van der Waals surface area contributed by atoms with Gasteiger partial charge in [-0.3, -0.25) is 0 Å². The fraction of sp³-hybridized carbons (Fsp3) is 0.647. The molecule has 0 saturated carbocycles. The van der Waals surface area contributed by atoms with E-state index in [0.29, 0.717) is 6.04 Å². The average molecular weight is 279 g/mol. The lowest BCUT2D eigenvalue weighted by Crippen LogP contribution is -2.25. The Bertz CT molecular complexity index is 342. The molecule has 0 amide bonds. The molecule has 0 aliphatic carbocycles. The van der Waals surface area contributed by atoms with Crippen LogP contribution in [-0.4, -0.2) is 18.3 Å². The maximum atomic E-state index is 3.47. The number of unbranched alkanes of at least 4 members (excludes halogenated alkanes) is 1. The summed E-state index contributed by atoms with van der Waals surface area (Å²) in [5, 5.41) is 3.47. The Kier molecular flexibility index (Phi) is 8.24. The van der Waals surface area contributed by atoms with Crippen molar-refractivity contribution in [1.82, 2.24) is 5.32 Å². The molecule has 0 saturated heterocycles. The molecule has 0 radical (unpaired) electrons. The summed E-state index contributed by atoms with van der Waals surface area (Å²) in [6.07, 6.45) is 3.98. The van der Waals surface area contributed by atoms with Crippen LogP contribution in [0.15, 0.2) is 18.2 Å². The molecule has 1 atom stereocenters. The topological polar surface area (TPSA) is 12.0 Å². The summed E-state index contributed by atoms with van der Waals surface area (Å²) in [7, 11) is 0. The summed E-state index contributed by atoms with van der Waals surface area (Å²) in [4.78, 5) is 0. The second kappa shape index (κ2) is 9.44. The molecular weight excluding hydrogens is 250 g/mol.